The Morgan fingerprint density at radius 2 is 0.577 bits per heavy atom. The first-order chi connectivity index (χ1) is 35.0. The summed E-state index contributed by atoms with van der Waals surface area (Å²) in [5, 5.41) is 0. The van der Waals surface area contributed by atoms with E-state index in [0.29, 0.717) is 19.3 Å². The van der Waals surface area contributed by atoms with E-state index >= 15 is 0 Å². The van der Waals surface area contributed by atoms with Crippen LogP contribution >= 0.6 is 0 Å². The van der Waals surface area contributed by atoms with Crippen molar-refractivity contribution in [3.05, 3.63) is 72.9 Å². The van der Waals surface area contributed by atoms with Gasteiger partial charge in [0.05, 0.1) is 0 Å². The molecule has 0 fully saturated rings. The van der Waals surface area contributed by atoms with Crippen molar-refractivity contribution in [3.8, 4) is 0 Å². The van der Waals surface area contributed by atoms with Crippen molar-refractivity contribution in [2.75, 3.05) is 13.2 Å². The van der Waals surface area contributed by atoms with Crippen LogP contribution in [0.4, 0.5) is 0 Å². The molecule has 0 N–H and O–H groups in total. The van der Waals surface area contributed by atoms with Crippen LogP contribution in [0.15, 0.2) is 72.9 Å². The van der Waals surface area contributed by atoms with Crippen molar-refractivity contribution >= 4 is 17.9 Å². The molecule has 0 amide bonds. The summed E-state index contributed by atoms with van der Waals surface area (Å²) in [6.45, 7) is 6.47. The highest BCUT2D eigenvalue weighted by atomic mass is 16.6. The van der Waals surface area contributed by atoms with Crippen molar-refractivity contribution < 1.29 is 28.6 Å². The van der Waals surface area contributed by atoms with Gasteiger partial charge >= 0.3 is 17.9 Å². The molecule has 1 unspecified atom stereocenters. The van der Waals surface area contributed by atoms with E-state index in [1.54, 1.807) is 0 Å². The maximum absolute atomic E-state index is 12.9. The fourth-order valence-electron chi connectivity index (χ4n) is 8.65. The molecule has 0 spiro atoms. The minimum absolute atomic E-state index is 0.0835. The number of rotatable bonds is 55. The lowest BCUT2D eigenvalue weighted by Gasteiger charge is -2.18. The predicted molar refractivity (Wildman–Crippen MR) is 307 cm³/mol. The zero-order valence-electron chi connectivity index (χ0n) is 47.0. The second kappa shape index (κ2) is 59.4. The molecule has 71 heavy (non-hydrogen) atoms. The SMILES string of the molecule is CC/C=C\C/C=C\C/C=C\C/C=C\CCCCCCCCC(=O)OC(COC(=O)CCCCCCC/C=C\C/C=C\CCC)COC(=O)CCCCCCCCCCCCCCCCCCCCCCC. The van der Waals surface area contributed by atoms with E-state index in [0.717, 1.165) is 128 Å². The average Bonchev–Trinajstić information content (AvgIpc) is 3.37. The van der Waals surface area contributed by atoms with Gasteiger partial charge in [-0.25, -0.2) is 0 Å². The molecule has 0 aromatic carbocycles. The third kappa shape index (κ3) is 57.6. The molecule has 6 heteroatoms. The van der Waals surface area contributed by atoms with Crippen LogP contribution in [0.25, 0.3) is 0 Å². The number of unbranched alkanes of at least 4 members (excludes halogenated alkanes) is 32. The van der Waals surface area contributed by atoms with Crippen LogP contribution in [0.1, 0.15) is 303 Å². The lowest BCUT2D eigenvalue weighted by molar-refractivity contribution is -0.167. The van der Waals surface area contributed by atoms with Gasteiger partial charge in [-0.15, -0.1) is 0 Å². The maximum Gasteiger partial charge on any atom is 0.306 e. The molecule has 0 aromatic rings. The van der Waals surface area contributed by atoms with E-state index in [2.05, 4.69) is 93.7 Å². The Morgan fingerprint density at radius 3 is 0.915 bits per heavy atom. The van der Waals surface area contributed by atoms with Gasteiger partial charge < -0.3 is 14.2 Å². The highest BCUT2D eigenvalue weighted by Gasteiger charge is 2.19. The summed E-state index contributed by atoms with van der Waals surface area (Å²) in [4.78, 5) is 38.2. The van der Waals surface area contributed by atoms with Crippen LogP contribution in [-0.2, 0) is 28.6 Å². The first-order valence-corrected chi connectivity index (χ1v) is 30.4. The monoisotopic (exact) mass is 991 g/mol. The molecule has 0 saturated heterocycles. The van der Waals surface area contributed by atoms with Crippen LogP contribution in [-0.4, -0.2) is 37.2 Å². The van der Waals surface area contributed by atoms with Gasteiger partial charge in [-0.2, -0.15) is 0 Å². The Bertz CT molecular complexity index is 1320. The van der Waals surface area contributed by atoms with Gasteiger partial charge in [-0.1, -0.05) is 273 Å². The highest BCUT2D eigenvalue weighted by molar-refractivity contribution is 5.71. The largest absolute Gasteiger partial charge is 0.462 e. The zero-order chi connectivity index (χ0) is 51.4. The lowest BCUT2D eigenvalue weighted by Crippen LogP contribution is -2.30. The number of hydrogen-bond donors (Lipinski definition) is 0. The molecule has 0 radical (unpaired) electrons. The van der Waals surface area contributed by atoms with Crippen molar-refractivity contribution in [1.82, 2.24) is 0 Å². The van der Waals surface area contributed by atoms with Crippen LogP contribution < -0.4 is 0 Å². The van der Waals surface area contributed by atoms with Gasteiger partial charge in [-0.3, -0.25) is 14.4 Å². The minimum Gasteiger partial charge on any atom is -0.462 e. The Hall–Kier alpha value is -3.15. The number of hydrogen-bond acceptors (Lipinski definition) is 6. The molecule has 410 valence electrons. The number of esters is 3. The topological polar surface area (TPSA) is 78.9 Å². The third-order valence-electron chi connectivity index (χ3n) is 13.2. The number of carbonyl (C=O) groups excluding carboxylic acids is 3. The summed E-state index contributed by atoms with van der Waals surface area (Å²) in [7, 11) is 0. The first kappa shape index (κ1) is 67.8. The van der Waals surface area contributed by atoms with Crippen molar-refractivity contribution in [2.24, 2.45) is 0 Å². The fraction of sp³-hybridized carbons (Fsp3) is 0.769. The molecule has 0 aliphatic rings. The van der Waals surface area contributed by atoms with E-state index in [1.165, 1.54) is 135 Å². The molecule has 6 nitrogen and oxygen atoms in total. The summed E-state index contributed by atoms with van der Waals surface area (Å²) in [5.74, 6) is -0.900. The summed E-state index contributed by atoms with van der Waals surface area (Å²) in [6, 6.07) is 0. The first-order valence-electron chi connectivity index (χ1n) is 30.4. The maximum atomic E-state index is 12.9. The van der Waals surface area contributed by atoms with Gasteiger partial charge in [0, 0.05) is 19.3 Å². The number of ether oxygens (including phenoxy) is 3. The molecular weight excluding hydrogens is 877 g/mol. The lowest BCUT2D eigenvalue weighted by atomic mass is 10.0. The van der Waals surface area contributed by atoms with Crippen molar-refractivity contribution in [3.63, 3.8) is 0 Å². The summed E-state index contributed by atoms with van der Waals surface area (Å²) >= 11 is 0. The Balaban J connectivity index is 4.35. The molecule has 0 saturated carbocycles. The van der Waals surface area contributed by atoms with E-state index in [4.69, 9.17) is 14.2 Å². The van der Waals surface area contributed by atoms with Crippen LogP contribution in [0.3, 0.4) is 0 Å². The number of carbonyl (C=O) groups is 3. The molecule has 0 aliphatic carbocycles. The molecular formula is C65H114O6. The Morgan fingerprint density at radius 1 is 0.296 bits per heavy atom. The van der Waals surface area contributed by atoms with Gasteiger partial charge in [0.15, 0.2) is 6.10 Å². The van der Waals surface area contributed by atoms with Crippen molar-refractivity contribution in [2.45, 2.75) is 309 Å². The molecule has 1 atom stereocenters. The van der Waals surface area contributed by atoms with Crippen LogP contribution in [0, 0.1) is 0 Å². The fourth-order valence-corrected chi connectivity index (χ4v) is 8.65. The highest BCUT2D eigenvalue weighted by Crippen LogP contribution is 2.17. The molecule has 0 aromatic heterocycles. The number of allylic oxidation sites excluding steroid dienone is 12. The second-order valence-corrected chi connectivity index (χ2v) is 20.2. The van der Waals surface area contributed by atoms with E-state index in [1.807, 2.05) is 0 Å². The molecule has 0 rings (SSSR count). The standard InChI is InChI=1S/C65H114O6/c1-4-7-10-13-16-19-22-25-27-29-31-32-34-35-37-40-43-46-49-52-55-58-64(67)70-61-62(60-69-63(66)57-54-51-48-45-42-39-24-21-18-15-12-9-6-3)71-65(68)59-56-53-50-47-44-41-38-36-33-30-28-26-23-20-17-14-11-8-5-2/h8,11-12,15,17,20-21,24,26,28,33,36,62H,4-7,9-10,13-14,16,18-19,22-23,25,27,29-32,34-35,37-61H2,1-3H3/b11-8-,15-12-,20-17-,24-21-,28-26-,36-33-. The summed E-state index contributed by atoms with van der Waals surface area (Å²) in [6.07, 6.45) is 76.2. The molecule has 0 bridgehead atoms. The molecule has 0 heterocycles. The van der Waals surface area contributed by atoms with Gasteiger partial charge in [-0.05, 0) is 83.5 Å². The van der Waals surface area contributed by atoms with Gasteiger partial charge in [0.1, 0.15) is 13.2 Å². The second-order valence-electron chi connectivity index (χ2n) is 20.2. The molecule has 0 aliphatic heterocycles. The summed E-state index contributed by atoms with van der Waals surface area (Å²) in [5.41, 5.74) is 0. The van der Waals surface area contributed by atoms with Crippen molar-refractivity contribution in [1.29, 1.82) is 0 Å². The minimum atomic E-state index is -0.788. The smallest absolute Gasteiger partial charge is 0.306 e. The van der Waals surface area contributed by atoms with Gasteiger partial charge in [0.25, 0.3) is 0 Å². The Labute approximate surface area is 440 Å². The summed E-state index contributed by atoms with van der Waals surface area (Å²) < 4.78 is 16.9. The normalized spacial score (nSPS) is 12.5. The van der Waals surface area contributed by atoms with Crippen LogP contribution in [0.2, 0.25) is 0 Å². The van der Waals surface area contributed by atoms with Gasteiger partial charge in [0.2, 0.25) is 0 Å². The average molecular weight is 992 g/mol. The van der Waals surface area contributed by atoms with Crippen LogP contribution in [0.5, 0.6) is 0 Å². The zero-order valence-corrected chi connectivity index (χ0v) is 47.0. The predicted octanol–water partition coefficient (Wildman–Crippen LogP) is 20.5. The van der Waals surface area contributed by atoms with E-state index in [-0.39, 0.29) is 31.1 Å². The quantitative estimate of drug-likeness (QED) is 0.0261. The third-order valence-corrected chi connectivity index (χ3v) is 13.2. The van der Waals surface area contributed by atoms with E-state index < -0.39 is 6.10 Å². The van der Waals surface area contributed by atoms with E-state index in [9.17, 15) is 14.4 Å². The Kier molecular flexibility index (Phi) is 56.8.